The molecule has 1 aliphatic rings. The van der Waals surface area contributed by atoms with E-state index in [0.717, 1.165) is 67.1 Å². The zero-order valence-corrected chi connectivity index (χ0v) is 15.9. The fraction of sp³-hybridized carbons (Fsp3) is 0.650. The van der Waals surface area contributed by atoms with Gasteiger partial charge in [0.05, 0.1) is 6.61 Å². The van der Waals surface area contributed by atoms with Gasteiger partial charge in [0.2, 0.25) is 0 Å². The van der Waals surface area contributed by atoms with Gasteiger partial charge in [-0.25, -0.2) is 0 Å². The van der Waals surface area contributed by atoms with E-state index in [2.05, 4.69) is 31.0 Å². The molecule has 1 heterocycles. The van der Waals surface area contributed by atoms with Gasteiger partial charge in [-0.05, 0) is 49.9 Å². The Kier molecular flexibility index (Phi) is 6.81. The van der Waals surface area contributed by atoms with Crippen molar-refractivity contribution in [3.8, 4) is 5.75 Å². The molecule has 1 fully saturated rings. The molecule has 0 aliphatic carbocycles. The fourth-order valence-electron chi connectivity index (χ4n) is 3.40. The summed E-state index contributed by atoms with van der Waals surface area (Å²) in [4.78, 5) is 15.4. The van der Waals surface area contributed by atoms with Crippen LogP contribution in [0.4, 0.5) is 0 Å². The number of carbonyl (C=O) groups is 1. The Labute approximate surface area is 146 Å². The van der Waals surface area contributed by atoms with Crippen molar-refractivity contribution < 1.29 is 9.53 Å². The number of hydrogen-bond donors (Lipinski definition) is 1. The second kappa shape index (κ2) is 8.63. The molecule has 1 aromatic carbocycles. The summed E-state index contributed by atoms with van der Waals surface area (Å²) < 4.78 is 5.84. The highest BCUT2D eigenvalue weighted by atomic mass is 16.5. The van der Waals surface area contributed by atoms with Crippen LogP contribution in [0.1, 0.15) is 47.3 Å². The number of rotatable bonds is 7. The zero-order chi connectivity index (χ0) is 17.7. The Bertz CT molecular complexity index is 577. The van der Waals surface area contributed by atoms with Gasteiger partial charge in [0, 0.05) is 44.2 Å². The normalized spacial score (nSPS) is 16.9. The van der Waals surface area contributed by atoms with Gasteiger partial charge in [0.1, 0.15) is 5.75 Å². The minimum absolute atomic E-state index is 0.0160. The van der Waals surface area contributed by atoms with Crippen LogP contribution in [-0.4, -0.2) is 50.0 Å². The van der Waals surface area contributed by atoms with Gasteiger partial charge < -0.3 is 15.0 Å². The molecule has 1 saturated heterocycles. The minimum atomic E-state index is 0.0160. The zero-order valence-electron chi connectivity index (χ0n) is 15.9. The van der Waals surface area contributed by atoms with E-state index in [4.69, 9.17) is 4.74 Å². The van der Waals surface area contributed by atoms with E-state index in [-0.39, 0.29) is 11.7 Å². The third kappa shape index (κ3) is 4.37. The molecular formula is C20H32N2O2. The molecule has 1 N–H and O–H groups in total. The third-order valence-electron chi connectivity index (χ3n) is 4.95. The smallest absolute Gasteiger partial charge is 0.167 e. The van der Waals surface area contributed by atoms with Crippen molar-refractivity contribution >= 4 is 5.78 Å². The Morgan fingerprint density at radius 3 is 2.54 bits per heavy atom. The Morgan fingerprint density at radius 1 is 1.25 bits per heavy atom. The van der Waals surface area contributed by atoms with Crippen LogP contribution >= 0.6 is 0 Å². The fourth-order valence-corrected chi connectivity index (χ4v) is 3.40. The van der Waals surface area contributed by atoms with Crippen LogP contribution < -0.4 is 10.1 Å². The summed E-state index contributed by atoms with van der Waals surface area (Å²) in [5.41, 5.74) is 4.07. The van der Waals surface area contributed by atoms with Gasteiger partial charge in [-0.2, -0.15) is 0 Å². The second-order valence-corrected chi connectivity index (χ2v) is 6.98. The largest absolute Gasteiger partial charge is 0.493 e. The number of ketones is 1. The number of carbonyl (C=O) groups excluding carboxylic acids is 1. The molecule has 0 radical (unpaired) electrons. The topological polar surface area (TPSA) is 41.6 Å². The highest BCUT2D eigenvalue weighted by Crippen LogP contribution is 2.29. The maximum absolute atomic E-state index is 13.1. The molecule has 0 spiro atoms. The lowest BCUT2D eigenvalue weighted by Gasteiger charge is -2.29. The number of nitrogens with one attached hydrogen (secondary N) is 1. The van der Waals surface area contributed by atoms with Gasteiger partial charge in [0.25, 0.3) is 0 Å². The first-order chi connectivity index (χ1) is 11.5. The lowest BCUT2D eigenvalue weighted by molar-refractivity contribution is 0.0886. The van der Waals surface area contributed by atoms with Crippen molar-refractivity contribution in [1.29, 1.82) is 0 Å². The van der Waals surface area contributed by atoms with E-state index in [1.54, 1.807) is 0 Å². The summed E-state index contributed by atoms with van der Waals surface area (Å²) in [5, 5.41) is 3.36. The van der Waals surface area contributed by atoms with Crippen LogP contribution in [0.25, 0.3) is 0 Å². The van der Waals surface area contributed by atoms with Gasteiger partial charge in [-0.15, -0.1) is 0 Å². The van der Waals surface area contributed by atoms with Gasteiger partial charge in [-0.3, -0.25) is 4.79 Å². The van der Waals surface area contributed by atoms with Crippen LogP contribution in [-0.2, 0) is 0 Å². The number of aryl methyl sites for hydroxylation is 1. The van der Waals surface area contributed by atoms with Crippen molar-refractivity contribution in [1.82, 2.24) is 10.2 Å². The highest BCUT2D eigenvalue weighted by Gasteiger charge is 2.24. The van der Waals surface area contributed by atoms with Crippen LogP contribution in [0.15, 0.2) is 6.07 Å². The molecule has 2 rings (SSSR count). The maximum Gasteiger partial charge on any atom is 0.167 e. The van der Waals surface area contributed by atoms with E-state index in [0.29, 0.717) is 6.61 Å². The number of ether oxygens (including phenoxy) is 1. The van der Waals surface area contributed by atoms with Crippen LogP contribution in [0.5, 0.6) is 5.75 Å². The number of piperazine rings is 1. The Morgan fingerprint density at radius 2 is 1.92 bits per heavy atom. The number of benzene rings is 1. The van der Waals surface area contributed by atoms with Crippen LogP contribution in [0, 0.1) is 26.7 Å². The van der Waals surface area contributed by atoms with Gasteiger partial charge in [0.15, 0.2) is 5.78 Å². The van der Waals surface area contributed by atoms with E-state index < -0.39 is 0 Å². The molecule has 4 heteroatoms. The molecule has 134 valence electrons. The first-order valence-corrected chi connectivity index (χ1v) is 9.16. The molecule has 1 aromatic rings. The molecule has 24 heavy (non-hydrogen) atoms. The predicted octanol–water partition coefficient (Wildman–Crippen LogP) is 3.12. The molecule has 0 bridgehead atoms. The molecule has 1 atom stereocenters. The Hall–Kier alpha value is -1.39. The summed E-state index contributed by atoms with van der Waals surface area (Å²) >= 11 is 0. The quantitative estimate of drug-likeness (QED) is 0.779. The lowest BCUT2D eigenvalue weighted by Crippen LogP contribution is -2.45. The van der Waals surface area contributed by atoms with Gasteiger partial charge >= 0.3 is 0 Å². The van der Waals surface area contributed by atoms with Crippen molar-refractivity contribution in [2.75, 3.05) is 39.3 Å². The molecular weight excluding hydrogens is 300 g/mol. The second-order valence-electron chi connectivity index (χ2n) is 6.98. The van der Waals surface area contributed by atoms with Gasteiger partial charge in [-0.1, -0.05) is 13.8 Å². The van der Waals surface area contributed by atoms with Crippen molar-refractivity contribution in [2.24, 2.45) is 5.92 Å². The highest BCUT2D eigenvalue weighted by molar-refractivity contribution is 6.01. The molecule has 0 aromatic heterocycles. The number of hydrogen-bond acceptors (Lipinski definition) is 4. The summed E-state index contributed by atoms with van der Waals surface area (Å²) in [5.74, 6) is 1.19. The van der Waals surface area contributed by atoms with E-state index in [9.17, 15) is 4.79 Å². The maximum atomic E-state index is 13.1. The molecule has 1 unspecified atom stereocenters. The van der Waals surface area contributed by atoms with Crippen molar-refractivity contribution in [3.63, 3.8) is 0 Å². The molecule has 0 amide bonds. The number of nitrogens with zero attached hydrogens (tertiary/aromatic N) is 1. The van der Waals surface area contributed by atoms with Crippen molar-refractivity contribution in [2.45, 2.75) is 41.0 Å². The number of Topliss-reactive ketones (excluding diaryl/α,β-unsaturated/α-hetero) is 1. The molecule has 0 saturated carbocycles. The van der Waals surface area contributed by atoms with Crippen LogP contribution in [0.2, 0.25) is 0 Å². The van der Waals surface area contributed by atoms with E-state index in [1.165, 1.54) is 0 Å². The van der Waals surface area contributed by atoms with Crippen LogP contribution in [0.3, 0.4) is 0 Å². The van der Waals surface area contributed by atoms with Crippen molar-refractivity contribution in [3.05, 3.63) is 28.3 Å². The predicted molar refractivity (Wildman–Crippen MR) is 99.2 cm³/mol. The summed E-state index contributed by atoms with van der Waals surface area (Å²) in [6, 6.07) is 2.03. The minimum Gasteiger partial charge on any atom is -0.493 e. The average molecular weight is 332 g/mol. The first-order valence-electron chi connectivity index (χ1n) is 9.16. The summed E-state index contributed by atoms with van der Waals surface area (Å²) in [7, 11) is 0. The average Bonchev–Trinajstić information content (AvgIpc) is 2.57. The summed E-state index contributed by atoms with van der Waals surface area (Å²) in [6.07, 6.45) is 0.986. The lowest BCUT2D eigenvalue weighted by atomic mass is 9.89. The molecule has 1 aliphatic heterocycles. The van der Waals surface area contributed by atoms with E-state index in [1.807, 2.05) is 19.9 Å². The standard InChI is InChI=1S/C20H32N2O2/c1-6-11-24-18-12-14(2)19(17(5)16(18)4)20(23)15(3)13-22-9-7-21-8-10-22/h12,15,21H,6-11,13H2,1-5H3. The third-order valence-corrected chi connectivity index (χ3v) is 4.95. The first kappa shape index (κ1) is 18.9. The van der Waals surface area contributed by atoms with E-state index >= 15 is 0 Å². The summed E-state index contributed by atoms with van der Waals surface area (Å²) in [6.45, 7) is 15.9. The molecule has 4 nitrogen and oxygen atoms in total. The Balaban J connectivity index is 2.17. The monoisotopic (exact) mass is 332 g/mol. The SMILES string of the molecule is CCCOc1cc(C)c(C(=O)C(C)CN2CCNCC2)c(C)c1C.